The van der Waals surface area contributed by atoms with E-state index in [1.54, 1.807) is 25.3 Å². The lowest BCUT2D eigenvalue weighted by Gasteiger charge is -2.10. The Morgan fingerprint density at radius 1 is 1.40 bits per heavy atom. The van der Waals surface area contributed by atoms with Gasteiger partial charge in [0.15, 0.2) is 0 Å². The van der Waals surface area contributed by atoms with Crippen LogP contribution in [0.4, 0.5) is 5.69 Å². The van der Waals surface area contributed by atoms with Gasteiger partial charge in [0.05, 0.1) is 17.3 Å². The maximum absolute atomic E-state index is 11.9. The van der Waals surface area contributed by atoms with Crippen LogP contribution in [0.15, 0.2) is 22.7 Å². The molecule has 0 spiro atoms. The van der Waals surface area contributed by atoms with Crippen molar-refractivity contribution in [1.82, 2.24) is 5.32 Å². The average molecular weight is 363 g/mol. The van der Waals surface area contributed by atoms with E-state index < -0.39 is 10.0 Å². The molecule has 1 aromatic carbocycles. The van der Waals surface area contributed by atoms with Crippen LogP contribution in [0.2, 0.25) is 0 Å². The van der Waals surface area contributed by atoms with Gasteiger partial charge in [-0.25, -0.2) is 8.42 Å². The number of hydrogen-bond donors (Lipinski definition) is 2. The molecule has 2 N–H and O–H groups in total. The molecule has 20 heavy (non-hydrogen) atoms. The highest BCUT2D eigenvalue weighted by Gasteiger charge is 2.20. The largest absolute Gasteiger partial charge is 0.496 e. The van der Waals surface area contributed by atoms with E-state index in [9.17, 15) is 8.42 Å². The first-order valence-corrected chi connectivity index (χ1v) is 9.02. The van der Waals surface area contributed by atoms with Gasteiger partial charge in [-0.05, 0) is 59.9 Å². The van der Waals surface area contributed by atoms with Crippen LogP contribution in [0.1, 0.15) is 19.3 Å². The minimum absolute atomic E-state index is 0.121. The SMILES string of the molecule is COc1ccc(NS(=O)(=O)CCCNC2CC2)cc1Br. The van der Waals surface area contributed by atoms with E-state index >= 15 is 0 Å². The Morgan fingerprint density at radius 2 is 2.15 bits per heavy atom. The van der Waals surface area contributed by atoms with E-state index in [2.05, 4.69) is 26.0 Å². The summed E-state index contributed by atoms with van der Waals surface area (Å²) in [7, 11) is -1.73. The number of benzene rings is 1. The van der Waals surface area contributed by atoms with E-state index in [1.165, 1.54) is 12.8 Å². The van der Waals surface area contributed by atoms with Crippen LogP contribution in [-0.2, 0) is 10.0 Å². The fraction of sp³-hybridized carbons (Fsp3) is 0.538. The minimum Gasteiger partial charge on any atom is -0.496 e. The Hall–Kier alpha value is -0.790. The Morgan fingerprint density at radius 3 is 2.75 bits per heavy atom. The highest BCUT2D eigenvalue weighted by atomic mass is 79.9. The van der Waals surface area contributed by atoms with Gasteiger partial charge >= 0.3 is 0 Å². The molecule has 1 aliphatic rings. The van der Waals surface area contributed by atoms with Crippen molar-refractivity contribution >= 4 is 31.6 Å². The number of halogens is 1. The van der Waals surface area contributed by atoms with Crippen LogP contribution in [0.3, 0.4) is 0 Å². The van der Waals surface area contributed by atoms with E-state index in [0.717, 1.165) is 11.0 Å². The monoisotopic (exact) mass is 362 g/mol. The highest BCUT2D eigenvalue weighted by molar-refractivity contribution is 9.10. The molecule has 1 saturated carbocycles. The second-order valence-corrected chi connectivity index (χ2v) is 7.55. The number of sulfonamides is 1. The number of ether oxygens (including phenoxy) is 1. The summed E-state index contributed by atoms with van der Waals surface area (Å²) in [5.74, 6) is 0.790. The molecule has 0 heterocycles. The normalized spacial score (nSPS) is 15.1. The second kappa shape index (κ2) is 6.78. The van der Waals surface area contributed by atoms with E-state index in [1.807, 2.05) is 0 Å². The zero-order valence-electron chi connectivity index (χ0n) is 11.4. The van der Waals surface area contributed by atoms with Crippen LogP contribution in [0, 0.1) is 0 Å². The second-order valence-electron chi connectivity index (χ2n) is 4.85. The van der Waals surface area contributed by atoms with Gasteiger partial charge in [-0.3, -0.25) is 4.72 Å². The van der Waals surface area contributed by atoms with Gasteiger partial charge < -0.3 is 10.1 Å². The lowest BCUT2D eigenvalue weighted by atomic mass is 10.3. The van der Waals surface area contributed by atoms with Crippen molar-refractivity contribution in [3.05, 3.63) is 22.7 Å². The summed E-state index contributed by atoms with van der Waals surface area (Å²) in [5, 5.41) is 3.30. The minimum atomic E-state index is -3.30. The van der Waals surface area contributed by atoms with Crippen molar-refractivity contribution in [2.75, 3.05) is 24.1 Å². The third-order valence-electron chi connectivity index (χ3n) is 3.03. The zero-order chi connectivity index (χ0) is 14.6. The highest BCUT2D eigenvalue weighted by Crippen LogP contribution is 2.28. The van der Waals surface area contributed by atoms with Crippen molar-refractivity contribution in [2.45, 2.75) is 25.3 Å². The summed E-state index contributed by atoms with van der Waals surface area (Å²) in [6.07, 6.45) is 3.04. The number of hydrogen-bond acceptors (Lipinski definition) is 4. The van der Waals surface area contributed by atoms with E-state index in [-0.39, 0.29) is 5.75 Å². The summed E-state index contributed by atoms with van der Waals surface area (Å²) < 4.78 is 32.3. The first-order valence-electron chi connectivity index (χ1n) is 6.57. The summed E-state index contributed by atoms with van der Waals surface area (Å²) in [6, 6.07) is 5.71. The molecule has 1 aromatic rings. The van der Waals surface area contributed by atoms with Crippen molar-refractivity contribution in [2.24, 2.45) is 0 Å². The summed E-state index contributed by atoms with van der Waals surface area (Å²) in [4.78, 5) is 0. The third kappa shape index (κ3) is 4.96. The van der Waals surface area contributed by atoms with Gasteiger partial charge in [0.25, 0.3) is 0 Å². The number of anilines is 1. The molecule has 0 amide bonds. The molecule has 2 rings (SSSR count). The molecule has 0 aliphatic heterocycles. The van der Waals surface area contributed by atoms with Gasteiger partial charge in [-0.1, -0.05) is 0 Å². The summed E-state index contributed by atoms with van der Waals surface area (Å²) in [6.45, 7) is 0.748. The molecule has 112 valence electrons. The Labute approximate surface area is 128 Å². The van der Waals surface area contributed by atoms with Crippen LogP contribution in [0.5, 0.6) is 5.75 Å². The van der Waals surface area contributed by atoms with Crippen molar-refractivity contribution in [3.63, 3.8) is 0 Å². The summed E-state index contributed by atoms with van der Waals surface area (Å²) in [5.41, 5.74) is 0.535. The molecule has 0 atom stereocenters. The van der Waals surface area contributed by atoms with Crippen molar-refractivity contribution < 1.29 is 13.2 Å². The van der Waals surface area contributed by atoms with Crippen LogP contribution in [-0.4, -0.2) is 33.9 Å². The first-order chi connectivity index (χ1) is 9.50. The Bertz CT molecular complexity index is 559. The first kappa shape index (κ1) is 15.6. The molecule has 0 bridgehead atoms. The van der Waals surface area contributed by atoms with Crippen molar-refractivity contribution in [3.8, 4) is 5.75 Å². The van der Waals surface area contributed by atoms with Gasteiger partial charge in [0, 0.05) is 11.7 Å². The molecule has 1 aliphatic carbocycles. The molecule has 7 heteroatoms. The zero-order valence-corrected chi connectivity index (χ0v) is 13.8. The van der Waals surface area contributed by atoms with Crippen LogP contribution in [0.25, 0.3) is 0 Å². The maximum atomic E-state index is 11.9. The van der Waals surface area contributed by atoms with Crippen molar-refractivity contribution in [1.29, 1.82) is 0 Å². The maximum Gasteiger partial charge on any atom is 0.232 e. The fourth-order valence-electron chi connectivity index (χ4n) is 1.82. The number of nitrogens with one attached hydrogen (secondary N) is 2. The fourth-order valence-corrected chi connectivity index (χ4v) is 3.47. The number of rotatable bonds is 8. The molecule has 5 nitrogen and oxygen atoms in total. The summed E-state index contributed by atoms with van der Waals surface area (Å²) >= 11 is 3.33. The topological polar surface area (TPSA) is 67.4 Å². The smallest absolute Gasteiger partial charge is 0.232 e. The molecule has 0 saturated heterocycles. The van der Waals surface area contributed by atoms with Gasteiger partial charge in [0.1, 0.15) is 5.75 Å². The van der Waals surface area contributed by atoms with Gasteiger partial charge in [0.2, 0.25) is 10.0 Å². The molecule has 1 fully saturated rings. The van der Waals surface area contributed by atoms with Gasteiger partial charge in [-0.15, -0.1) is 0 Å². The molecular formula is C13H19BrN2O3S. The molecular weight excluding hydrogens is 344 g/mol. The molecule has 0 aromatic heterocycles. The lowest BCUT2D eigenvalue weighted by Crippen LogP contribution is -2.23. The van der Waals surface area contributed by atoms with Crippen LogP contribution >= 0.6 is 15.9 Å². The Balaban J connectivity index is 1.84. The predicted octanol–water partition coefficient (Wildman–Crippen LogP) is 2.34. The standard InChI is InChI=1S/C13H19BrN2O3S/c1-19-13-6-5-11(9-12(13)14)16-20(17,18)8-2-7-15-10-3-4-10/h5-6,9-10,15-16H,2-4,7-8H2,1H3. The molecule has 0 radical (unpaired) electrons. The Kier molecular flexibility index (Phi) is 5.29. The molecule has 0 unspecified atom stereocenters. The third-order valence-corrected chi connectivity index (χ3v) is 5.02. The van der Waals surface area contributed by atoms with E-state index in [4.69, 9.17) is 4.74 Å². The quantitative estimate of drug-likeness (QED) is 0.696. The lowest BCUT2D eigenvalue weighted by molar-refractivity contribution is 0.412. The average Bonchev–Trinajstić information content (AvgIpc) is 3.18. The number of methoxy groups -OCH3 is 1. The van der Waals surface area contributed by atoms with E-state index in [0.29, 0.717) is 23.9 Å². The van der Waals surface area contributed by atoms with Gasteiger partial charge in [-0.2, -0.15) is 0 Å². The predicted molar refractivity (Wildman–Crippen MR) is 83.7 cm³/mol. The van der Waals surface area contributed by atoms with Crippen LogP contribution < -0.4 is 14.8 Å².